The first-order chi connectivity index (χ1) is 9.61. The average Bonchev–Trinajstić information content (AvgIpc) is 2.79. The van der Waals surface area contributed by atoms with E-state index in [4.69, 9.17) is 10.0 Å². The van der Waals surface area contributed by atoms with Crippen molar-refractivity contribution in [2.24, 2.45) is 0 Å². The van der Waals surface area contributed by atoms with Crippen LogP contribution in [0.3, 0.4) is 0 Å². The van der Waals surface area contributed by atoms with E-state index in [-0.39, 0.29) is 5.46 Å². The van der Waals surface area contributed by atoms with E-state index in [2.05, 4.69) is 17.0 Å². The molecule has 20 heavy (non-hydrogen) atoms. The van der Waals surface area contributed by atoms with Gasteiger partial charge < -0.3 is 10.0 Å². The Morgan fingerprint density at radius 3 is 2.30 bits per heavy atom. The van der Waals surface area contributed by atoms with E-state index in [1.54, 1.807) is 6.07 Å². The Labute approximate surface area is 117 Å². The van der Waals surface area contributed by atoms with E-state index in [1.165, 1.54) is 17.2 Å². The number of halogens is 1. The third-order valence-electron chi connectivity index (χ3n) is 3.59. The van der Waals surface area contributed by atoms with Crippen molar-refractivity contribution >= 4 is 12.6 Å². The highest BCUT2D eigenvalue weighted by molar-refractivity contribution is 6.58. The lowest BCUT2D eigenvalue weighted by atomic mass is 9.79. The molecule has 1 heterocycles. The monoisotopic (exact) mass is 271 g/mol. The highest BCUT2D eigenvalue weighted by Gasteiger charge is 2.19. The van der Waals surface area contributed by atoms with Gasteiger partial charge in [0.1, 0.15) is 5.82 Å². The second-order valence-corrected chi connectivity index (χ2v) is 5.18. The molecule has 0 saturated carbocycles. The van der Waals surface area contributed by atoms with Crippen molar-refractivity contribution in [2.75, 3.05) is 0 Å². The molecule has 102 valence electrons. The minimum atomic E-state index is -1.64. The van der Waals surface area contributed by atoms with Gasteiger partial charge in [-0.25, -0.2) is 4.39 Å². The van der Waals surface area contributed by atoms with Gasteiger partial charge in [-0.15, -0.1) is 0 Å². The highest BCUT2D eigenvalue weighted by Crippen LogP contribution is 2.23. The standard InChI is InChI=1S/C15H15BFNO2/c17-15-6-11(5-14(7-15)16(19)20)8-18-9-12-3-1-2-4-13(12)10-18/h1-7,19-20H,8-10H2. The first-order valence-corrected chi connectivity index (χ1v) is 6.56. The zero-order valence-electron chi connectivity index (χ0n) is 11.0. The van der Waals surface area contributed by atoms with Crippen molar-refractivity contribution in [3.8, 4) is 0 Å². The van der Waals surface area contributed by atoms with Crippen LogP contribution < -0.4 is 5.46 Å². The van der Waals surface area contributed by atoms with Gasteiger partial charge in [0.25, 0.3) is 0 Å². The maximum atomic E-state index is 13.5. The number of rotatable bonds is 3. The van der Waals surface area contributed by atoms with E-state index in [0.29, 0.717) is 6.54 Å². The summed E-state index contributed by atoms with van der Waals surface area (Å²) in [5, 5.41) is 18.3. The summed E-state index contributed by atoms with van der Waals surface area (Å²) in [4.78, 5) is 2.20. The van der Waals surface area contributed by atoms with E-state index < -0.39 is 12.9 Å². The van der Waals surface area contributed by atoms with Crippen molar-refractivity contribution < 1.29 is 14.4 Å². The SMILES string of the molecule is OB(O)c1cc(F)cc(CN2Cc3ccccc3C2)c1. The summed E-state index contributed by atoms with van der Waals surface area (Å²) in [6.07, 6.45) is 0. The normalized spacial score (nSPS) is 14.3. The average molecular weight is 271 g/mol. The molecule has 0 bridgehead atoms. The Bertz CT molecular complexity index is 608. The summed E-state index contributed by atoms with van der Waals surface area (Å²) in [5.41, 5.74) is 3.54. The number of nitrogens with zero attached hydrogens (tertiary/aromatic N) is 1. The zero-order valence-corrected chi connectivity index (χ0v) is 11.0. The molecule has 2 aromatic carbocycles. The molecule has 0 spiro atoms. The van der Waals surface area contributed by atoms with E-state index in [1.807, 2.05) is 12.1 Å². The molecule has 2 aromatic rings. The third-order valence-corrected chi connectivity index (χ3v) is 3.59. The molecule has 0 aliphatic carbocycles. The summed E-state index contributed by atoms with van der Waals surface area (Å²) >= 11 is 0. The highest BCUT2D eigenvalue weighted by atomic mass is 19.1. The second kappa shape index (κ2) is 5.36. The quantitative estimate of drug-likeness (QED) is 0.819. The summed E-state index contributed by atoms with van der Waals surface area (Å²) in [7, 11) is -1.64. The lowest BCUT2D eigenvalue weighted by molar-refractivity contribution is 0.275. The van der Waals surface area contributed by atoms with Gasteiger partial charge in [0.2, 0.25) is 0 Å². The summed E-state index contributed by atoms with van der Waals surface area (Å²) in [6, 6.07) is 12.5. The number of hydrogen-bond acceptors (Lipinski definition) is 3. The summed E-state index contributed by atoms with van der Waals surface area (Å²) in [5.74, 6) is -0.442. The number of benzene rings is 2. The molecule has 1 aliphatic heterocycles. The largest absolute Gasteiger partial charge is 0.488 e. The van der Waals surface area contributed by atoms with Crippen molar-refractivity contribution in [1.82, 2.24) is 4.90 Å². The Morgan fingerprint density at radius 1 is 1.05 bits per heavy atom. The molecule has 0 aromatic heterocycles. The van der Waals surface area contributed by atoms with Crippen LogP contribution in [-0.4, -0.2) is 22.1 Å². The van der Waals surface area contributed by atoms with Gasteiger partial charge in [-0.2, -0.15) is 0 Å². The topological polar surface area (TPSA) is 43.7 Å². The molecule has 5 heteroatoms. The lowest BCUT2D eigenvalue weighted by Gasteiger charge is -2.15. The third kappa shape index (κ3) is 2.75. The number of fused-ring (bicyclic) bond motifs is 1. The molecule has 2 N–H and O–H groups in total. The van der Waals surface area contributed by atoms with Crippen LogP contribution in [-0.2, 0) is 19.6 Å². The minimum absolute atomic E-state index is 0.191. The molecule has 3 nitrogen and oxygen atoms in total. The van der Waals surface area contributed by atoms with Crippen LogP contribution in [0.1, 0.15) is 16.7 Å². The molecule has 0 unspecified atom stereocenters. The lowest BCUT2D eigenvalue weighted by Crippen LogP contribution is -2.31. The van der Waals surface area contributed by atoms with E-state index >= 15 is 0 Å². The first kappa shape index (κ1) is 13.3. The van der Waals surface area contributed by atoms with E-state index in [9.17, 15) is 4.39 Å². The number of hydrogen-bond donors (Lipinski definition) is 2. The van der Waals surface area contributed by atoms with Crippen molar-refractivity contribution in [2.45, 2.75) is 19.6 Å². The van der Waals surface area contributed by atoms with Gasteiger partial charge in [-0.3, -0.25) is 4.90 Å². The van der Waals surface area contributed by atoms with Crippen LogP contribution >= 0.6 is 0 Å². The fraction of sp³-hybridized carbons (Fsp3) is 0.200. The molecule has 1 aliphatic rings. The van der Waals surface area contributed by atoms with Gasteiger partial charge >= 0.3 is 7.12 Å². The smallest absolute Gasteiger partial charge is 0.423 e. The molecule has 0 atom stereocenters. The van der Waals surface area contributed by atoms with Gasteiger partial charge in [0.15, 0.2) is 0 Å². The maximum Gasteiger partial charge on any atom is 0.488 e. The fourth-order valence-electron chi connectivity index (χ4n) is 2.69. The van der Waals surface area contributed by atoms with Crippen LogP contribution in [0.25, 0.3) is 0 Å². The maximum absolute atomic E-state index is 13.5. The van der Waals surface area contributed by atoms with E-state index in [0.717, 1.165) is 24.7 Å². The van der Waals surface area contributed by atoms with Crippen molar-refractivity contribution in [3.05, 3.63) is 65.0 Å². The molecular weight excluding hydrogens is 256 g/mol. The Morgan fingerprint density at radius 2 is 1.70 bits per heavy atom. The van der Waals surface area contributed by atoms with Gasteiger partial charge in [0, 0.05) is 19.6 Å². The molecule has 0 amide bonds. The summed E-state index contributed by atoms with van der Waals surface area (Å²) in [6.45, 7) is 2.26. The predicted molar refractivity (Wildman–Crippen MR) is 75.6 cm³/mol. The zero-order chi connectivity index (χ0) is 14.1. The molecule has 3 rings (SSSR count). The summed E-state index contributed by atoms with van der Waals surface area (Å²) < 4.78 is 13.5. The Balaban J connectivity index is 1.77. The van der Waals surface area contributed by atoms with Crippen LogP contribution in [0, 0.1) is 5.82 Å². The van der Waals surface area contributed by atoms with Crippen LogP contribution in [0.2, 0.25) is 0 Å². The molecular formula is C15H15BFNO2. The molecule has 0 radical (unpaired) electrons. The molecule has 0 fully saturated rings. The van der Waals surface area contributed by atoms with Crippen LogP contribution in [0.15, 0.2) is 42.5 Å². The Kier molecular flexibility index (Phi) is 3.57. The van der Waals surface area contributed by atoms with Crippen LogP contribution in [0.5, 0.6) is 0 Å². The Hall–Kier alpha value is -1.69. The second-order valence-electron chi connectivity index (χ2n) is 5.18. The van der Waals surface area contributed by atoms with Gasteiger partial charge in [-0.05, 0) is 34.3 Å². The van der Waals surface area contributed by atoms with Crippen LogP contribution in [0.4, 0.5) is 4.39 Å². The molecule has 0 saturated heterocycles. The van der Waals surface area contributed by atoms with Gasteiger partial charge in [0.05, 0.1) is 0 Å². The van der Waals surface area contributed by atoms with Gasteiger partial charge in [-0.1, -0.05) is 30.3 Å². The predicted octanol–water partition coefficient (Wildman–Crippen LogP) is 1.02. The minimum Gasteiger partial charge on any atom is -0.423 e. The first-order valence-electron chi connectivity index (χ1n) is 6.56. The fourth-order valence-corrected chi connectivity index (χ4v) is 2.69. The van der Waals surface area contributed by atoms with Crippen molar-refractivity contribution in [1.29, 1.82) is 0 Å². The van der Waals surface area contributed by atoms with Crippen molar-refractivity contribution in [3.63, 3.8) is 0 Å².